The zero-order valence-electron chi connectivity index (χ0n) is 24.2. The molecule has 0 bridgehead atoms. The van der Waals surface area contributed by atoms with E-state index >= 15 is 0 Å². The van der Waals surface area contributed by atoms with Gasteiger partial charge in [-0.2, -0.15) is 0 Å². The second kappa shape index (κ2) is 11.0. The van der Waals surface area contributed by atoms with Crippen molar-refractivity contribution in [2.75, 3.05) is 31.8 Å². The summed E-state index contributed by atoms with van der Waals surface area (Å²) in [6.07, 6.45) is 1.03. The van der Waals surface area contributed by atoms with E-state index in [2.05, 4.69) is 10.3 Å². The van der Waals surface area contributed by atoms with Gasteiger partial charge in [0.25, 0.3) is 5.91 Å². The Hall–Kier alpha value is -5.30. The van der Waals surface area contributed by atoms with Gasteiger partial charge in [-0.05, 0) is 54.1 Å². The highest BCUT2D eigenvalue weighted by molar-refractivity contribution is 7.92. The van der Waals surface area contributed by atoms with Crippen LogP contribution in [0.4, 0.5) is 18.9 Å². The SMILES string of the molecule is CNC(=O)c1c(-c2ccc(F)cc2)oc2cc(N(C)S(C)(=O)=O)c(-c3cc(OC)cc(-c4nc5cc(F)cc(F)c5o4)c3)cc12. The molecule has 6 rings (SSSR count). The van der Waals surface area contributed by atoms with Crippen molar-refractivity contribution in [3.63, 3.8) is 0 Å². The minimum absolute atomic E-state index is 0.0345. The third-order valence-corrected chi connectivity index (χ3v) is 8.50. The lowest BCUT2D eigenvalue weighted by atomic mass is 9.97. The van der Waals surface area contributed by atoms with E-state index in [1.54, 1.807) is 24.3 Å². The molecule has 1 N–H and O–H groups in total. The van der Waals surface area contributed by atoms with Crippen molar-refractivity contribution in [3.05, 3.63) is 89.7 Å². The Balaban J connectivity index is 1.64. The molecule has 0 aliphatic carbocycles. The number of hydrogen-bond acceptors (Lipinski definition) is 7. The van der Waals surface area contributed by atoms with E-state index in [0.717, 1.165) is 16.6 Å². The van der Waals surface area contributed by atoms with Gasteiger partial charge in [0.1, 0.15) is 34.2 Å². The first-order chi connectivity index (χ1) is 21.4. The average Bonchev–Trinajstić information content (AvgIpc) is 3.61. The number of anilines is 1. The first kappa shape index (κ1) is 29.8. The van der Waals surface area contributed by atoms with E-state index in [-0.39, 0.29) is 39.6 Å². The van der Waals surface area contributed by atoms with Crippen LogP contribution in [0.5, 0.6) is 5.75 Å². The van der Waals surface area contributed by atoms with Crippen LogP contribution in [0.2, 0.25) is 0 Å². The Bertz CT molecular complexity index is 2250. The lowest BCUT2D eigenvalue weighted by molar-refractivity contribution is 0.0964. The summed E-state index contributed by atoms with van der Waals surface area (Å²) in [5, 5.41) is 2.94. The minimum Gasteiger partial charge on any atom is -0.497 e. The van der Waals surface area contributed by atoms with Crippen molar-refractivity contribution in [1.29, 1.82) is 0 Å². The molecular formula is C32H24F3N3O6S. The Morgan fingerprint density at radius 1 is 0.911 bits per heavy atom. The van der Waals surface area contributed by atoms with E-state index in [9.17, 15) is 26.4 Å². The van der Waals surface area contributed by atoms with Crippen LogP contribution in [-0.2, 0) is 10.0 Å². The molecule has 0 radical (unpaired) electrons. The average molecular weight is 636 g/mol. The standard InChI is InChI=1S/C32H24F3N3O6S/c1-36-31(39)28-23-14-22(26(38(2)45(4,40)41)15-27(23)43-29(28)16-5-7-19(33)8-6-16)17-9-18(11-21(10-17)42-3)32-37-25-13-20(34)12-24(35)30(25)44-32/h5-15H,1-4H3,(H,36,39). The predicted molar refractivity (Wildman–Crippen MR) is 163 cm³/mol. The number of amides is 1. The van der Waals surface area contributed by atoms with Crippen molar-refractivity contribution in [1.82, 2.24) is 10.3 Å². The molecule has 9 nitrogen and oxygen atoms in total. The number of methoxy groups -OCH3 is 1. The number of sulfonamides is 1. The number of furan rings is 1. The zero-order chi connectivity index (χ0) is 32.2. The molecule has 0 saturated carbocycles. The fraction of sp³-hybridized carbons (Fsp3) is 0.125. The summed E-state index contributed by atoms with van der Waals surface area (Å²) in [6.45, 7) is 0. The number of nitrogens with zero attached hydrogens (tertiary/aromatic N) is 2. The molecule has 1 amide bonds. The molecule has 45 heavy (non-hydrogen) atoms. The molecule has 0 atom stereocenters. The fourth-order valence-electron chi connectivity index (χ4n) is 5.04. The molecule has 0 saturated heterocycles. The van der Waals surface area contributed by atoms with Crippen molar-refractivity contribution in [3.8, 4) is 39.7 Å². The van der Waals surface area contributed by atoms with E-state index < -0.39 is 33.4 Å². The number of carbonyl (C=O) groups is 1. The van der Waals surface area contributed by atoms with Gasteiger partial charge >= 0.3 is 0 Å². The third kappa shape index (κ3) is 5.35. The topological polar surface area (TPSA) is 115 Å². The lowest BCUT2D eigenvalue weighted by Crippen LogP contribution is -2.25. The van der Waals surface area contributed by atoms with Crippen LogP contribution in [0.15, 0.2) is 75.6 Å². The summed E-state index contributed by atoms with van der Waals surface area (Å²) >= 11 is 0. The van der Waals surface area contributed by atoms with Gasteiger partial charge in [-0.3, -0.25) is 9.10 Å². The Morgan fingerprint density at radius 2 is 1.62 bits per heavy atom. The largest absolute Gasteiger partial charge is 0.497 e. The van der Waals surface area contributed by atoms with Crippen molar-refractivity contribution in [2.24, 2.45) is 0 Å². The van der Waals surface area contributed by atoms with Crippen molar-refractivity contribution >= 4 is 43.7 Å². The van der Waals surface area contributed by atoms with E-state index in [1.165, 1.54) is 51.5 Å². The van der Waals surface area contributed by atoms with Gasteiger partial charge in [0.05, 0.1) is 24.6 Å². The number of benzene rings is 4. The van der Waals surface area contributed by atoms with Gasteiger partial charge in [-0.15, -0.1) is 0 Å². The number of carbonyl (C=O) groups excluding carboxylic acids is 1. The first-order valence-electron chi connectivity index (χ1n) is 13.4. The molecule has 0 aliphatic rings. The van der Waals surface area contributed by atoms with Gasteiger partial charge in [0.15, 0.2) is 11.4 Å². The maximum Gasteiger partial charge on any atom is 0.255 e. The predicted octanol–water partition coefficient (Wildman–Crippen LogP) is 6.76. The zero-order valence-corrected chi connectivity index (χ0v) is 25.1. The van der Waals surface area contributed by atoms with Crippen LogP contribution in [0, 0.1) is 17.5 Å². The van der Waals surface area contributed by atoms with Crippen LogP contribution in [-0.4, -0.2) is 46.8 Å². The summed E-state index contributed by atoms with van der Waals surface area (Å²) in [6, 6.07) is 15.0. The van der Waals surface area contributed by atoms with Crippen LogP contribution < -0.4 is 14.4 Å². The van der Waals surface area contributed by atoms with Crippen LogP contribution in [0.25, 0.3) is 56.0 Å². The molecule has 0 unspecified atom stereocenters. The van der Waals surface area contributed by atoms with Crippen LogP contribution >= 0.6 is 0 Å². The molecular weight excluding hydrogens is 611 g/mol. The van der Waals surface area contributed by atoms with E-state index in [4.69, 9.17) is 13.6 Å². The number of aromatic nitrogens is 1. The van der Waals surface area contributed by atoms with Crippen molar-refractivity contribution < 1.29 is 40.0 Å². The molecule has 4 aromatic carbocycles. The summed E-state index contributed by atoms with van der Waals surface area (Å²) in [5.41, 5.74) is 1.77. The molecule has 0 aliphatic heterocycles. The van der Waals surface area contributed by atoms with Crippen molar-refractivity contribution in [2.45, 2.75) is 0 Å². The van der Waals surface area contributed by atoms with Gasteiger partial charge in [0.2, 0.25) is 15.9 Å². The summed E-state index contributed by atoms with van der Waals surface area (Å²) < 4.78 is 85.9. The van der Waals surface area contributed by atoms with Gasteiger partial charge in [0, 0.05) is 54.4 Å². The van der Waals surface area contributed by atoms with Gasteiger partial charge in [-0.1, -0.05) is 0 Å². The maximum atomic E-state index is 14.4. The Kier molecular flexibility index (Phi) is 7.28. The summed E-state index contributed by atoms with van der Waals surface area (Å²) in [7, 11) is 0.427. The smallest absolute Gasteiger partial charge is 0.255 e. The minimum atomic E-state index is -3.81. The number of nitrogens with one attached hydrogen (secondary N) is 1. The normalized spacial score (nSPS) is 11.7. The molecule has 0 fully saturated rings. The highest BCUT2D eigenvalue weighted by Crippen LogP contribution is 2.43. The molecule has 13 heteroatoms. The summed E-state index contributed by atoms with van der Waals surface area (Å²) in [4.78, 5) is 17.5. The molecule has 230 valence electrons. The number of hydrogen-bond donors (Lipinski definition) is 1. The summed E-state index contributed by atoms with van der Waals surface area (Å²) in [5.74, 6) is -2.28. The highest BCUT2D eigenvalue weighted by Gasteiger charge is 2.26. The lowest BCUT2D eigenvalue weighted by Gasteiger charge is -2.21. The number of rotatable bonds is 7. The number of oxazole rings is 1. The fourth-order valence-corrected chi connectivity index (χ4v) is 5.55. The number of ether oxygens (including phenoxy) is 1. The molecule has 6 aromatic rings. The second-order valence-electron chi connectivity index (χ2n) is 10.2. The van der Waals surface area contributed by atoms with Gasteiger partial charge < -0.3 is 18.9 Å². The Labute approximate surface area is 254 Å². The second-order valence-corrected chi connectivity index (χ2v) is 12.2. The highest BCUT2D eigenvalue weighted by atomic mass is 32.2. The molecule has 0 spiro atoms. The number of fused-ring (bicyclic) bond motifs is 2. The number of halogens is 3. The van der Waals surface area contributed by atoms with Crippen LogP contribution in [0.1, 0.15) is 10.4 Å². The van der Waals surface area contributed by atoms with E-state index in [0.29, 0.717) is 39.5 Å². The Morgan fingerprint density at radius 3 is 2.29 bits per heavy atom. The molecule has 2 heterocycles. The quantitative estimate of drug-likeness (QED) is 0.206. The third-order valence-electron chi connectivity index (χ3n) is 7.31. The first-order valence-corrected chi connectivity index (χ1v) is 15.2. The van der Waals surface area contributed by atoms with E-state index in [1.807, 2.05) is 0 Å². The maximum absolute atomic E-state index is 14.4. The van der Waals surface area contributed by atoms with Crippen LogP contribution in [0.3, 0.4) is 0 Å². The van der Waals surface area contributed by atoms with Gasteiger partial charge in [-0.25, -0.2) is 26.6 Å². The monoisotopic (exact) mass is 635 g/mol. The molecule has 2 aromatic heterocycles.